The van der Waals surface area contributed by atoms with Gasteiger partial charge in [-0.1, -0.05) is 29.8 Å². The molecule has 2 heterocycles. The quantitative estimate of drug-likeness (QED) is 0.633. The van der Waals surface area contributed by atoms with Crippen LogP contribution in [0.3, 0.4) is 0 Å². The molecule has 5 heteroatoms. The Hall–Kier alpha value is -1.98. The van der Waals surface area contributed by atoms with Gasteiger partial charge in [-0.05, 0) is 37.8 Å². The molecule has 1 amide bonds. The Morgan fingerprint density at radius 2 is 1.80 bits per heavy atom. The first kappa shape index (κ1) is 17.8. The second kappa shape index (κ2) is 7.50. The molecule has 2 aromatic heterocycles. The number of likely N-dealkylation sites (N-methyl/N-ethyl adjacent to an activating group) is 1. The van der Waals surface area contributed by atoms with Gasteiger partial charge in [0, 0.05) is 22.4 Å². The van der Waals surface area contributed by atoms with Crippen molar-refractivity contribution in [2.75, 3.05) is 7.05 Å². The predicted octanol–water partition coefficient (Wildman–Crippen LogP) is 5.00. The van der Waals surface area contributed by atoms with Crippen molar-refractivity contribution in [2.24, 2.45) is 0 Å². The number of benzene rings is 1. The number of hydrogen-bond acceptors (Lipinski definition) is 4. The highest BCUT2D eigenvalue weighted by molar-refractivity contribution is 7.12. The standard InChI is InChI=1S/C20H22N2OS2/c1-13-5-7-16(8-6-13)20-17(25-15(3)21-20)11-19(23)22(4)12-18-14(2)9-10-24-18/h5-10H,11-12H2,1-4H3. The molecular formula is C20H22N2OS2. The Labute approximate surface area is 157 Å². The summed E-state index contributed by atoms with van der Waals surface area (Å²) in [5, 5.41) is 3.07. The van der Waals surface area contributed by atoms with E-state index in [2.05, 4.69) is 54.5 Å². The molecule has 0 fully saturated rings. The van der Waals surface area contributed by atoms with Crippen LogP contribution in [0.4, 0.5) is 0 Å². The van der Waals surface area contributed by atoms with Gasteiger partial charge in [0.05, 0.1) is 23.7 Å². The number of carbonyl (C=O) groups excluding carboxylic acids is 1. The van der Waals surface area contributed by atoms with Crippen molar-refractivity contribution in [3.05, 3.63) is 61.6 Å². The third kappa shape index (κ3) is 4.17. The van der Waals surface area contributed by atoms with Gasteiger partial charge in [-0.15, -0.1) is 22.7 Å². The van der Waals surface area contributed by atoms with E-state index in [1.54, 1.807) is 22.7 Å². The fourth-order valence-electron chi connectivity index (χ4n) is 2.67. The minimum atomic E-state index is 0.129. The monoisotopic (exact) mass is 370 g/mol. The second-order valence-corrected chi connectivity index (χ2v) is 8.61. The van der Waals surface area contributed by atoms with Gasteiger partial charge in [0.1, 0.15) is 0 Å². The number of carbonyl (C=O) groups is 1. The zero-order valence-electron chi connectivity index (χ0n) is 15.0. The van der Waals surface area contributed by atoms with E-state index in [0.29, 0.717) is 13.0 Å². The van der Waals surface area contributed by atoms with Crippen LogP contribution in [-0.2, 0) is 17.8 Å². The van der Waals surface area contributed by atoms with Crippen molar-refractivity contribution in [2.45, 2.75) is 33.7 Å². The van der Waals surface area contributed by atoms with Crippen LogP contribution in [0.2, 0.25) is 0 Å². The Kier molecular flexibility index (Phi) is 5.35. The molecule has 3 rings (SSSR count). The number of hydrogen-bond donors (Lipinski definition) is 0. The molecule has 0 saturated carbocycles. The number of rotatable bonds is 5. The molecule has 0 N–H and O–H groups in total. The Bertz CT molecular complexity index is 877. The van der Waals surface area contributed by atoms with Crippen molar-refractivity contribution >= 4 is 28.6 Å². The third-order valence-electron chi connectivity index (χ3n) is 4.22. The largest absolute Gasteiger partial charge is 0.340 e. The predicted molar refractivity (Wildman–Crippen MR) is 106 cm³/mol. The highest BCUT2D eigenvalue weighted by Gasteiger charge is 2.18. The van der Waals surface area contributed by atoms with E-state index in [4.69, 9.17) is 0 Å². The van der Waals surface area contributed by atoms with Crippen LogP contribution in [0, 0.1) is 20.8 Å². The van der Waals surface area contributed by atoms with Gasteiger partial charge >= 0.3 is 0 Å². The van der Waals surface area contributed by atoms with Crippen molar-refractivity contribution in [1.29, 1.82) is 0 Å². The molecule has 130 valence electrons. The summed E-state index contributed by atoms with van der Waals surface area (Å²) >= 11 is 3.32. The van der Waals surface area contributed by atoms with E-state index in [1.165, 1.54) is 16.0 Å². The lowest BCUT2D eigenvalue weighted by Gasteiger charge is -2.17. The molecule has 0 saturated heterocycles. The van der Waals surface area contributed by atoms with E-state index < -0.39 is 0 Å². The maximum absolute atomic E-state index is 12.7. The van der Waals surface area contributed by atoms with Crippen molar-refractivity contribution in [3.8, 4) is 11.3 Å². The lowest BCUT2D eigenvalue weighted by atomic mass is 10.1. The van der Waals surface area contributed by atoms with Gasteiger partial charge in [-0.2, -0.15) is 0 Å². The third-order valence-corrected chi connectivity index (χ3v) is 6.19. The van der Waals surface area contributed by atoms with Crippen LogP contribution in [0.15, 0.2) is 35.7 Å². The van der Waals surface area contributed by atoms with E-state index in [1.807, 2.05) is 18.9 Å². The van der Waals surface area contributed by atoms with E-state index in [0.717, 1.165) is 21.1 Å². The van der Waals surface area contributed by atoms with Crippen molar-refractivity contribution in [3.63, 3.8) is 0 Å². The molecule has 0 atom stereocenters. The highest BCUT2D eigenvalue weighted by Crippen LogP contribution is 2.29. The summed E-state index contributed by atoms with van der Waals surface area (Å²) in [4.78, 5) is 21.5. The van der Waals surface area contributed by atoms with Crippen molar-refractivity contribution in [1.82, 2.24) is 9.88 Å². The number of thiophene rings is 1. The van der Waals surface area contributed by atoms with Gasteiger partial charge in [0.25, 0.3) is 0 Å². The van der Waals surface area contributed by atoms with Crippen LogP contribution in [0.5, 0.6) is 0 Å². The van der Waals surface area contributed by atoms with Gasteiger partial charge in [-0.25, -0.2) is 4.98 Å². The van der Waals surface area contributed by atoms with Gasteiger partial charge < -0.3 is 4.90 Å². The molecule has 1 aromatic carbocycles. The fraction of sp³-hybridized carbons (Fsp3) is 0.300. The average molecular weight is 371 g/mol. The van der Waals surface area contributed by atoms with Crippen molar-refractivity contribution < 1.29 is 4.79 Å². The Balaban J connectivity index is 1.77. The van der Waals surface area contributed by atoms with Crippen LogP contribution < -0.4 is 0 Å². The topological polar surface area (TPSA) is 33.2 Å². The fourth-order valence-corrected chi connectivity index (χ4v) is 4.58. The number of aromatic nitrogens is 1. The van der Waals surface area contributed by atoms with Crippen LogP contribution in [-0.4, -0.2) is 22.8 Å². The zero-order valence-corrected chi connectivity index (χ0v) is 16.6. The first-order chi connectivity index (χ1) is 11.9. The summed E-state index contributed by atoms with van der Waals surface area (Å²) in [6.45, 7) is 6.82. The Morgan fingerprint density at radius 3 is 2.44 bits per heavy atom. The smallest absolute Gasteiger partial charge is 0.227 e. The molecule has 3 nitrogen and oxygen atoms in total. The number of aryl methyl sites for hydroxylation is 3. The van der Waals surface area contributed by atoms with E-state index in [-0.39, 0.29) is 5.91 Å². The summed E-state index contributed by atoms with van der Waals surface area (Å²) in [6, 6.07) is 10.4. The molecule has 0 aliphatic heterocycles. The summed E-state index contributed by atoms with van der Waals surface area (Å²) in [6.07, 6.45) is 0.398. The molecule has 0 bridgehead atoms. The first-order valence-corrected chi connectivity index (χ1v) is 9.94. The summed E-state index contributed by atoms with van der Waals surface area (Å²) < 4.78 is 0. The van der Waals surface area contributed by atoms with Crippen LogP contribution >= 0.6 is 22.7 Å². The minimum absolute atomic E-state index is 0.129. The number of nitrogens with zero attached hydrogens (tertiary/aromatic N) is 2. The first-order valence-electron chi connectivity index (χ1n) is 8.24. The average Bonchev–Trinajstić information content (AvgIpc) is 3.14. The lowest BCUT2D eigenvalue weighted by Crippen LogP contribution is -2.27. The minimum Gasteiger partial charge on any atom is -0.340 e. The van der Waals surface area contributed by atoms with Gasteiger partial charge in [0.15, 0.2) is 0 Å². The maximum Gasteiger partial charge on any atom is 0.227 e. The molecule has 0 radical (unpaired) electrons. The summed E-state index contributed by atoms with van der Waals surface area (Å²) in [5.74, 6) is 0.129. The van der Waals surface area contributed by atoms with E-state index in [9.17, 15) is 4.79 Å². The summed E-state index contributed by atoms with van der Waals surface area (Å²) in [5.41, 5.74) is 4.49. The Morgan fingerprint density at radius 1 is 1.08 bits per heavy atom. The van der Waals surface area contributed by atoms with E-state index >= 15 is 0 Å². The second-order valence-electron chi connectivity index (χ2n) is 6.32. The normalized spacial score (nSPS) is 10.9. The maximum atomic E-state index is 12.7. The van der Waals surface area contributed by atoms with Crippen LogP contribution in [0.1, 0.15) is 25.9 Å². The highest BCUT2D eigenvalue weighted by atomic mass is 32.1. The van der Waals surface area contributed by atoms with Gasteiger partial charge in [0.2, 0.25) is 5.91 Å². The lowest BCUT2D eigenvalue weighted by molar-refractivity contribution is -0.129. The molecule has 0 aliphatic rings. The molecule has 0 unspecified atom stereocenters. The molecule has 25 heavy (non-hydrogen) atoms. The molecule has 3 aromatic rings. The molecule has 0 spiro atoms. The zero-order chi connectivity index (χ0) is 18.0. The van der Waals surface area contributed by atoms with Crippen LogP contribution in [0.25, 0.3) is 11.3 Å². The number of thiazole rings is 1. The molecule has 0 aliphatic carbocycles. The summed E-state index contributed by atoms with van der Waals surface area (Å²) in [7, 11) is 1.88. The molecular weight excluding hydrogens is 348 g/mol. The SMILES string of the molecule is Cc1ccc(-c2nc(C)sc2CC(=O)N(C)Cc2sccc2C)cc1. The van der Waals surface area contributed by atoms with Gasteiger partial charge in [-0.3, -0.25) is 4.79 Å². The number of amides is 1.